The minimum atomic E-state index is -0.281. The Labute approximate surface area is 152 Å². The number of amides is 1. The molecule has 1 N–H and O–H groups in total. The third-order valence-electron chi connectivity index (χ3n) is 5.11. The molecule has 2 saturated heterocycles. The van der Waals surface area contributed by atoms with E-state index in [2.05, 4.69) is 14.9 Å². The van der Waals surface area contributed by atoms with Crippen molar-refractivity contribution < 1.29 is 13.9 Å². The molecule has 2 aliphatic rings. The molecule has 2 aromatic rings. The first-order valence-corrected chi connectivity index (χ1v) is 8.99. The monoisotopic (exact) mass is 358 g/mol. The first-order chi connectivity index (χ1) is 12.7. The number of ether oxygens (including phenoxy) is 1. The summed E-state index contributed by atoms with van der Waals surface area (Å²) in [6, 6.07) is 6.32. The Hall–Kier alpha value is -2.25. The maximum absolute atomic E-state index is 13.1. The summed E-state index contributed by atoms with van der Waals surface area (Å²) in [4.78, 5) is 24.6. The maximum Gasteiger partial charge on any atom is 0.227 e. The van der Waals surface area contributed by atoms with Crippen molar-refractivity contribution in [3.63, 3.8) is 0 Å². The number of benzene rings is 1. The van der Waals surface area contributed by atoms with Crippen molar-refractivity contribution in [2.75, 3.05) is 32.8 Å². The summed E-state index contributed by atoms with van der Waals surface area (Å²) in [7, 11) is 0. The summed E-state index contributed by atoms with van der Waals surface area (Å²) in [5.41, 5.74) is 0.842. The number of nitrogens with zero attached hydrogens (tertiary/aromatic N) is 3. The number of rotatable bonds is 4. The van der Waals surface area contributed by atoms with Gasteiger partial charge in [0.25, 0.3) is 0 Å². The molecule has 2 aliphatic heterocycles. The molecule has 6 nitrogen and oxygen atoms in total. The number of carbonyl (C=O) groups excluding carboxylic acids is 1. The maximum atomic E-state index is 13.1. The Balaban J connectivity index is 1.45. The largest absolute Gasteiger partial charge is 0.379 e. The smallest absolute Gasteiger partial charge is 0.227 e. The lowest BCUT2D eigenvalue weighted by Gasteiger charge is -2.31. The van der Waals surface area contributed by atoms with E-state index in [1.165, 1.54) is 12.1 Å². The molecule has 3 heterocycles. The number of aromatic amines is 1. The molecule has 4 rings (SSSR count). The number of H-pyrrole nitrogens is 1. The minimum absolute atomic E-state index is 0.0911. The van der Waals surface area contributed by atoms with Gasteiger partial charge in [-0.1, -0.05) is 12.1 Å². The normalized spacial score (nSPS) is 23.7. The average molecular weight is 358 g/mol. The molecule has 2 atom stereocenters. The Morgan fingerprint density at radius 3 is 2.85 bits per heavy atom. The minimum Gasteiger partial charge on any atom is -0.379 e. The second-order valence-corrected chi connectivity index (χ2v) is 7.12. The molecule has 7 heteroatoms. The van der Waals surface area contributed by atoms with E-state index in [4.69, 9.17) is 4.74 Å². The Morgan fingerprint density at radius 1 is 1.23 bits per heavy atom. The number of fused-ring (bicyclic) bond motifs is 3. The van der Waals surface area contributed by atoms with E-state index >= 15 is 0 Å². The van der Waals surface area contributed by atoms with Crippen molar-refractivity contribution in [3.05, 3.63) is 53.9 Å². The van der Waals surface area contributed by atoms with Gasteiger partial charge >= 0.3 is 0 Å². The summed E-state index contributed by atoms with van der Waals surface area (Å²) in [6.45, 7) is 4.27. The van der Waals surface area contributed by atoms with Crippen LogP contribution in [0.1, 0.15) is 11.4 Å². The van der Waals surface area contributed by atoms with E-state index < -0.39 is 0 Å². The molecular weight excluding hydrogens is 335 g/mol. The molecular formula is C19H23FN4O2. The molecule has 2 bridgehead atoms. The lowest BCUT2D eigenvalue weighted by atomic mass is 10.1. The lowest BCUT2D eigenvalue weighted by Crippen LogP contribution is -2.46. The molecule has 0 saturated carbocycles. The van der Waals surface area contributed by atoms with Crippen molar-refractivity contribution in [3.8, 4) is 0 Å². The predicted octanol–water partition coefficient (Wildman–Crippen LogP) is 1.45. The highest BCUT2D eigenvalue weighted by Gasteiger charge is 2.35. The van der Waals surface area contributed by atoms with Crippen LogP contribution in [0.4, 0.5) is 4.39 Å². The van der Waals surface area contributed by atoms with E-state index in [0.29, 0.717) is 32.7 Å². The second kappa shape index (κ2) is 7.55. The molecule has 0 aliphatic carbocycles. The van der Waals surface area contributed by atoms with Crippen LogP contribution in [0, 0.1) is 11.7 Å². The Kier molecular flexibility index (Phi) is 4.99. The topological polar surface area (TPSA) is 61.5 Å². The van der Waals surface area contributed by atoms with Crippen molar-refractivity contribution >= 4 is 5.91 Å². The van der Waals surface area contributed by atoms with Gasteiger partial charge in [0.05, 0.1) is 32.2 Å². The van der Waals surface area contributed by atoms with E-state index in [0.717, 1.165) is 24.5 Å². The Morgan fingerprint density at radius 2 is 2.08 bits per heavy atom. The summed E-state index contributed by atoms with van der Waals surface area (Å²) in [5.74, 6) is 1.03. The molecule has 1 aromatic carbocycles. The molecule has 0 unspecified atom stereocenters. The van der Waals surface area contributed by atoms with Gasteiger partial charge < -0.3 is 14.6 Å². The zero-order valence-corrected chi connectivity index (χ0v) is 14.6. The number of hydrogen-bond donors (Lipinski definition) is 1. The van der Waals surface area contributed by atoms with Gasteiger partial charge in [-0.05, 0) is 17.7 Å². The third kappa shape index (κ3) is 3.94. The lowest BCUT2D eigenvalue weighted by molar-refractivity contribution is -0.132. The molecule has 0 radical (unpaired) electrons. The molecule has 138 valence electrons. The summed E-state index contributed by atoms with van der Waals surface area (Å²) < 4.78 is 18.9. The zero-order chi connectivity index (χ0) is 17.9. The van der Waals surface area contributed by atoms with Gasteiger partial charge in [-0.3, -0.25) is 9.69 Å². The van der Waals surface area contributed by atoms with Gasteiger partial charge in [-0.2, -0.15) is 0 Å². The zero-order valence-electron chi connectivity index (χ0n) is 14.6. The number of nitrogens with one attached hydrogen (secondary N) is 1. The van der Waals surface area contributed by atoms with Crippen molar-refractivity contribution in [2.45, 2.75) is 19.0 Å². The highest BCUT2D eigenvalue weighted by molar-refractivity contribution is 5.78. The van der Waals surface area contributed by atoms with Crippen LogP contribution in [0.25, 0.3) is 0 Å². The van der Waals surface area contributed by atoms with Gasteiger partial charge in [0.2, 0.25) is 5.91 Å². The van der Waals surface area contributed by atoms with Gasteiger partial charge in [0, 0.05) is 37.9 Å². The Bertz CT molecular complexity index is 735. The van der Waals surface area contributed by atoms with Crippen LogP contribution in [0.2, 0.25) is 0 Å². The van der Waals surface area contributed by atoms with Gasteiger partial charge in [0.1, 0.15) is 11.6 Å². The first kappa shape index (κ1) is 17.2. The van der Waals surface area contributed by atoms with Gasteiger partial charge in [0.15, 0.2) is 0 Å². The van der Waals surface area contributed by atoms with Gasteiger partial charge in [-0.25, -0.2) is 9.37 Å². The van der Waals surface area contributed by atoms with Crippen LogP contribution in [0.15, 0.2) is 36.7 Å². The molecule has 2 fully saturated rings. The van der Waals surface area contributed by atoms with Crippen LogP contribution >= 0.6 is 0 Å². The van der Waals surface area contributed by atoms with Crippen LogP contribution in [-0.4, -0.2) is 64.6 Å². The SMILES string of the molecule is O=C(Cc1ccc(F)cc1)N1C[C@@H]2COC[C@H](C1)N(Cc1ncc[nH]1)C2. The quantitative estimate of drug-likeness (QED) is 0.899. The van der Waals surface area contributed by atoms with Crippen LogP contribution in [0.3, 0.4) is 0 Å². The number of halogens is 1. The standard InChI is InChI=1S/C19H23FN4O2/c20-16-3-1-14(2-4-16)7-19(25)24-9-15-8-23(11-18-21-5-6-22-18)17(10-24)13-26-12-15/h1-6,15,17H,7-13H2,(H,21,22)/t15-,17+/m1/s1. The summed E-state index contributed by atoms with van der Waals surface area (Å²) >= 11 is 0. The number of aromatic nitrogens is 2. The van der Waals surface area contributed by atoms with E-state index in [9.17, 15) is 9.18 Å². The number of hydrogen-bond acceptors (Lipinski definition) is 4. The van der Waals surface area contributed by atoms with Gasteiger partial charge in [-0.15, -0.1) is 0 Å². The number of imidazole rings is 1. The third-order valence-corrected chi connectivity index (χ3v) is 5.11. The summed E-state index contributed by atoms with van der Waals surface area (Å²) in [6.07, 6.45) is 3.89. The number of carbonyl (C=O) groups is 1. The molecule has 26 heavy (non-hydrogen) atoms. The van der Waals surface area contributed by atoms with Crippen molar-refractivity contribution in [1.82, 2.24) is 19.8 Å². The van der Waals surface area contributed by atoms with Crippen molar-refractivity contribution in [1.29, 1.82) is 0 Å². The fraction of sp³-hybridized carbons (Fsp3) is 0.474. The highest BCUT2D eigenvalue weighted by atomic mass is 19.1. The predicted molar refractivity (Wildman–Crippen MR) is 93.8 cm³/mol. The highest BCUT2D eigenvalue weighted by Crippen LogP contribution is 2.22. The summed E-state index contributed by atoms with van der Waals surface area (Å²) in [5, 5.41) is 0. The molecule has 1 amide bonds. The fourth-order valence-corrected chi connectivity index (χ4v) is 3.79. The second-order valence-electron chi connectivity index (χ2n) is 7.12. The van der Waals surface area contributed by atoms with Crippen molar-refractivity contribution in [2.24, 2.45) is 5.92 Å². The van der Waals surface area contributed by atoms with E-state index in [1.807, 2.05) is 11.1 Å². The average Bonchev–Trinajstić information content (AvgIpc) is 2.96. The van der Waals surface area contributed by atoms with Crippen LogP contribution in [0.5, 0.6) is 0 Å². The van der Waals surface area contributed by atoms with Crippen LogP contribution < -0.4 is 0 Å². The first-order valence-electron chi connectivity index (χ1n) is 8.99. The molecule has 0 spiro atoms. The van der Waals surface area contributed by atoms with E-state index in [1.54, 1.807) is 18.3 Å². The van der Waals surface area contributed by atoms with Crippen LogP contribution in [-0.2, 0) is 22.5 Å². The fourth-order valence-electron chi connectivity index (χ4n) is 3.79. The van der Waals surface area contributed by atoms with E-state index in [-0.39, 0.29) is 23.7 Å². The molecule has 1 aromatic heterocycles.